The minimum atomic E-state index is -0.760. The third kappa shape index (κ3) is 3.79. The molecule has 4 heteroatoms. The van der Waals surface area contributed by atoms with Crippen LogP contribution in [0.5, 0.6) is 0 Å². The molecule has 2 N–H and O–H groups in total. The molecule has 2 rings (SSSR count). The van der Waals surface area contributed by atoms with Crippen LogP contribution in [0.2, 0.25) is 0 Å². The van der Waals surface area contributed by atoms with Crippen molar-refractivity contribution in [3.05, 3.63) is 35.6 Å². The highest BCUT2D eigenvalue weighted by atomic mass is 19.1. The fraction of sp³-hybridized carbons (Fsp3) is 0.562. The van der Waals surface area contributed by atoms with Gasteiger partial charge in [0.05, 0.1) is 0 Å². The van der Waals surface area contributed by atoms with Gasteiger partial charge in [-0.1, -0.05) is 31.9 Å². The van der Waals surface area contributed by atoms with Crippen molar-refractivity contribution in [1.29, 1.82) is 0 Å². The van der Waals surface area contributed by atoms with E-state index < -0.39 is 12.0 Å². The Balaban J connectivity index is 1.80. The summed E-state index contributed by atoms with van der Waals surface area (Å²) in [6.45, 7) is 2.06. The van der Waals surface area contributed by atoms with E-state index in [-0.39, 0.29) is 11.9 Å². The molecule has 20 heavy (non-hydrogen) atoms. The highest BCUT2D eigenvalue weighted by Gasteiger charge is 2.33. The van der Waals surface area contributed by atoms with Crippen molar-refractivity contribution >= 4 is 5.97 Å². The van der Waals surface area contributed by atoms with Gasteiger partial charge >= 0.3 is 5.97 Å². The summed E-state index contributed by atoms with van der Waals surface area (Å²) in [5.74, 6) is -0.550. The van der Waals surface area contributed by atoms with E-state index in [1.165, 1.54) is 12.1 Å². The van der Waals surface area contributed by atoms with Crippen molar-refractivity contribution in [2.24, 2.45) is 0 Å². The number of hydrogen-bond acceptors (Lipinski definition) is 2. The Labute approximate surface area is 119 Å². The first-order chi connectivity index (χ1) is 9.60. The van der Waals surface area contributed by atoms with Crippen LogP contribution in [0.25, 0.3) is 0 Å². The van der Waals surface area contributed by atoms with E-state index in [0.29, 0.717) is 12.3 Å². The van der Waals surface area contributed by atoms with Gasteiger partial charge in [-0.15, -0.1) is 0 Å². The molecule has 3 nitrogen and oxygen atoms in total. The minimum absolute atomic E-state index is 0.215. The Morgan fingerprint density at radius 3 is 2.60 bits per heavy atom. The monoisotopic (exact) mass is 279 g/mol. The largest absolute Gasteiger partial charge is 0.480 e. The molecule has 1 saturated carbocycles. The number of aliphatic carboxylic acids is 1. The molecule has 0 spiro atoms. The van der Waals surface area contributed by atoms with Gasteiger partial charge in [-0.3, -0.25) is 4.79 Å². The standard InChI is InChI=1S/C16H22FNO2/c1-2-3-4-15(16(19)20)18-14-9-12(10-14)11-5-7-13(17)8-6-11/h5-8,12,14-15,18H,2-4,9-10H2,1H3,(H,19,20)/t12?,14?,15-/m0/s1. The molecule has 1 fully saturated rings. The van der Waals surface area contributed by atoms with Crippen LogP contribution in [-0.4, -0.2) is 23.2 Å². The number of hydrogen-bond donors (Lipinski definition) is 2. The van der Waals surface area contributed by atoms with Gasteiger partial charge in [-0.25, -0.2) is 4.39 Å². The van der Waals surface area contributed by atoms with Crippen molar-refractivity contribution in [1.82, 2.24) is 5.32 Å². The van der Waals surface area contributed by atoms with Crippen LogP contribution in [-0.2, 0) is 4.79 Å². The van der Waals surface area contributed by atoms with E-state index >= 15 is 0 Å². The van der Waals surface area contributed by atoms with Crippen LogP contribution in [0.3, 0.4) is 0 Å². The van der Waals surface area contributed by atoms with Crippen LogP contribution in [0.15, 0.2) is 24.3 Å². The second-order valence-corrected chi connectivity index (χ2v) is 5.62. The van der Waals surface area contributed by atoms with Crippen molar-refractivity contribution < 1.29 is 14.3 Å². The van der Waals surface area contributed by atoms with E-state index in [1.807, 2.05) is 12.1 Å². The zero-order chi connectivity index (χ0) is 14.5. The summed E-state index contributed by atoms with van der Waals surface area (Å²) in [5.41, 5.74) is 1.14. The molecule has 1 aliphatic carbocycles. The lowest BCUT2D eigenvalue weighted by Gasteiger charge is -2.38. The number of rotatable bonds is 7. The average Bonchev–Trinajstić information content (AvgIpc) is 2.38. The molecule has 0 unspecified atom stereocenters. The van der Waals surface area contributed by atoms with E-state index in [2.05, 4.69) is 12.2 Å². The first-order valence-corrected chi connectivity index (χ1v) is 7.34. The maximum Gasteiger partial charge on any atom is 0.320 e. The second kappa shape index (κ2) is 6.84. The fourth-order valence-electron chi connectivity index (χ4n) is 2.73. The number of benzene rings is 1. The third-order valence-corrected chi connectivity index (χ3v) is 4.06. The summed E-state index contributed by atoms with van der Waals surface area (Å²) >= 11 is 0. The second-order valence-electron chi connectivity index (χ2n) is 5.62. The molecular formula is C16H22FNO2. The van der Waals surface area contributed by atoms with Gasteiger partial charge in [0.1, 0.15) is 11.9 Å². The summed E-state index contributed by atoms with van der Waals surface area (Å²) < 4.78 is 12.9. The van der Waals surface area contributed by atoms with E-state index in [9.17, 15) is 14.3 Å². The Morgan fingerprint density at radius 2 is 2.05 bits per heavy atom. The first-order valence-electron chi connectivity index (χ1n) is 7.34. The number of carboxylic acid groups (broad SMARTS) is 1. The first kappa shape index (κ1) is 15.0. The molecule has 1 aliphatic rings. The molecule has 0 amide bonds. The van der Waals surface area contributed by atoms with Gasteiger partial charge < -0.3 is 10.4 Å². The van der Waals surface area contributed by atoms with Crippen LogP contribution in [0.1, 0.15) is 50.5 Å². The van der Waals surface area contributed by atoms with Gasteiger partial charge in [0.25, 0.3) is 0 Å². The Morgan fingerprint density at radius 1 is 1.40 bits per heavy atom. The minimum Gasteiger partial charge on any atom is -0.480 e. The summed E-state index contributed by atoms with van der Waals surface area (Å²) in [4.78, 5) is 11.2. The molecule has 1 aromatic carbocycles. The number of carboxylic acids is 1. The Kier molecular flexibility index (Phi) is 5.12. The lowest BCUT2D eigenvalue weighted by Crippen LogP contribution is -2.48. The summed E-state index contributed by atoms with van der Waals surface area (Å²) in [5, 5.41) is 12.4. The summed E-state index contributed by atoms with van der Waals surface area (Å²) in [7, 11) is 0. The van der Waals surface area contributed by atoms with Crippen molar-refractivity contribution in [3.63, 3.8) is 0 Å². The molecule has 0 aliphatic heterocycles. The smallest absolute Gasteiger partial charge is 0.320 e. The molecule has 1 aromatic rings. The molecule has 110 valence electrons. The molecule has 1 atom stereocenters. The van der Waals surface area contributed by atoms with Gasteiger partial charge in [-0.2, -0.15) is 0 Å². The molecule has 0 aromatic heterocycles. The predicted octanol–water partition coefficient (Wildman–Crippen LogP) is 3.30. The van der Waals surface area contributed by atoms with E-state index in [0.717, 1.165) is 31.2 Å². The van der Waals surface area contributed by atoms with E-state index in [1.54, 1.807) is 0 Å². The van der Waals surface area contributed by atoms with Gasteiger partial charge in [0.15, 0.2) is 0 Å². The highest BCUT2D eigenvalue weighted by Crippen LogP contribution is 2.37. The number of halogens is 1. The quantitative estimate of drug-likeness (QED) is 0.805. The molecule has 0 radical (unpaired) electrons. The number of unbranched alkanes of at least 4 members (excludes halogenated alkanes) is 1. The SMILES string of the molecule is CCCC[C@H](NC1CC(c2ccc(F)cc2)C1)C(=O)O. The predicted molar refractivity (Wildman–Crippen MR) is 76.2 cm³/mol. The van der Waals surface area contributed by atoms with Crippen LogP contribution in [0.4, 0.5) is 4.39 Å². The third-order valence-electron chi connectivity index (χ3n) is 4.06. The number of nitrogens with one attached hydrogen (secondary N) is 1. The molecule has 0 heterocycles. The maximum absolute atomic E-state index is 12.9. The lowest BCUT2D eigenvalue weighted by atomic mass is 9.75. The highest BCUT2D eigenvalue weighted by molar-refractivity contribution is 5.73. The number of carbonyl (C=O) groups is 1. The summed E-state index contributed by atoms with van der Waals surface area (Å²) in [6.07, 6.45) is 4.49. The van der Waals surface area contributed by atoms with Crippen molar-refractivity contribution in [2.75, 3.05) is 0 Å². The van der Waals surface area contributed by atoms with Crippen molar-refractivity contribution in [3.8, 4) is 0 Å². The van der Waals surface area contributed by atoms with Crippen molar-refractivity contribution in [2.45, 2.75) is 57.0 Å². The molecule has 0 bridgehead atoms. The Bertz CT molecular complexity index is 440. The average molecular weight is 279 g/mol. The van der Waals surface area contributed by atoms with Gasteiger partial charge in [-0.05, 0) is 42.9 Å². The summed E-state index contributed by atoms with van der Waals surface area (Å²) in [6, 6.07) is 6.44. The lowest BCUT2D eigenvalue weighted by molar-refractivity contribution is -0.140. The molecular weight excluding hydrogens is 257 g/mol. The van der Waals surface area contributed by atoms with Crippen LogP contribution < -0.4 is 5.32 Å². The van der Waals surface area contributed by atoms with Crippen LogP contribution in [0, 0.1) is 5.82 Å². The Hall–Kier alpha value is -1.42. The van der Waals surface area contributed by atoms with E-state index in [4.69, 9.17) is 0 Å². The molecule has 0 saturated heterocycles. The van der Waals surface area contributed by atoms with Gasteiger partial charge in [0.2, 0.25) is 0 Å². The zero-order valence-electron chi connectivity index (χ0n) is 11.8. The fourth-order valence-corrected chi connectivity index (χ4v) is 2.73. The van der Waals surface area contributed by atoms with Crippen LogP contribution >= 0.6 is 0 Å². The normalized spacial score (nSPS) is 23.1. The topological polar surface area (TPSA) is 49.3 Å². The maximum atomic E-state index is 12.9. The van der Waals surface area contributed by atoms with Gasteiger partial charge in [0, 0.05) is 6.04 Å². The zero-order valence-corrected chi connectivity index (χ0v) is 11.8.